The highest BCUT2D eigenvalue weighted by molar-refractivity contribution is 9.10. The minimum Gasteiger partial charge on any atom is -0.466 e. The Kier molecular flexibility index (Phi) is 4.97. The zero-order valence-electron chi connectivity index (χ0n) is 11.0. The van der Waals surface area contributed by atoms with E-state index in [1.54, 1.807) is 19.1 Å². The first kappa shape index (κ1) is 14.5. The van der Waals surface area contributed by atoms with Crippen LogP contribution in [0.1, 0.15) is 44.1 Å². The topological polar surface area (TPSA) is 26.3 Å². The van der Waals surface area contributed by atoms with Crippen molar-refractivity contribution in [3.63, 3.8) is 0 Å². The average molecular weight is 329 g/mol. The number of ether oxygens (including phenoxy) is 1. The maximum Gasteiger partial charge on any atom is 0.313 e. The van der Waals surface area contributed by atoms with Crippen molar-refractivity contribution in [3.8, 4) is 0 Å². The van der Waals surface area contributed by atoms with E-state index in [1.165, 1.54) is 6.07 Å². The fraction of sp³-hybridized carbons (Fsp3) is 0.533. The van der Waals surface area contributed by atoms with E-state index >= 15 is 0 Å². The van der Waals surface area contributed by atoms with Crippen LogP contribution in [0, 0.1) is 11.7 Å². The van der Waals surface area contributed by atoms with Gasteiger partial charge in [0.1, 0.15) is 5.82 Å². The molecule has 2 rings (SSSR count). The van der Waals surface area contributed by atoms with Gasteiger partial charge in [-0.15, -0.1) is 0 Å². The third-order valence-electron chi connectivity index (χ3n) is 3.71. The molecule has 0 saturated heterocycles. The molecule has 2 nitrogen and oxygen atoms in total. The molecule has 1 aromatic carbocycles. The molecule has 0 heterocycles. The predicted octanol–water partition coefficient (Wildman–Crippen LogP) is 4.43. The SMILES string of the molecule is CCOC(=O)C(c1ccc(Br)cc1F)C1CCCC1. The van der Waals surface area contributed by atoms with E-state index in [0.717, 1.165) is 25.7 Å². The summed E-state index contributed by atoms with van der Waals surface area (Å²) < 4.78 is 19.9. The summed E-state index contributed by atoms with van der Waals surface area (Å²) >= 11 is 3.24. The Labute approximate surface area is 121 Å². The molecule has 0 aromatic heterocycles. The minimum absolute atomic E-state index is 0.203. The smallest absolute Gasteiger partial charge is 0.313 e. The van der Waals surface area contributed by atoms with Crippen molar-refractivity contribution >= 4 is 21.9 Å². The fourth-order valence-corrected chi connectivity index (χ4v) is 3.18. The molecule has 4 heteroatoms. The maximum atomic E-state index is 14.1. The predicted molar refractivity (Wildman–Crippen MR) is 75.4 cm³/mol. The molecule has 1 unspecified atom stereocenters. The Morgan fingerprint density at radius 1 is 1.47 bits per heavy atom. The van der Waals surface area contributed by atoms with Crippen molar-refractivity contribution in [1.29, 1.82) is 0 Å². The van der Waals surface area contributed by atoms with Gasteiger partial charge in [-0.3, -0.25) is 4.79 Å². The summed E-state index contributed by atoms with van der Waals surface area (Å²) in [4.78, 5) is 12.2. The monoisotopic (exact) mass is 328 g/mol. The number of benzene rings is 1. The molecule has 1 atom stereocenters. The summed E-state index contributed by atoms with van der Waals surface area (Å²) in [6, 6.07) is 4.88. The number of esters is 1. The first-order chi connectivity index (χ1) is 9.13. The first-order valence-corrected chi connectivity index (χ1v) is 7.54. The molecule has 1 saturated carbocycles. The van der Waals surface area contributed by atoms with E-state index in [4.69, 9.17) is 4.74 Å². The van der Waals surface area contributed by atoms with Crippen LogP contribution in [0.2, 0.25) is 0 Å². The van der Waals surface area contributed by atoms with Crippen LogP contribution in [-0.4, -0.2) is 12.6 Å². The summed E-state index contributed by atoms with van der Waals surface area (Å²) in [6.45, 7) is 2.11. The summed E-state index contributed by atoms with van der Waals surface area (Å²) in [7, 11) is 0. The van der Waals surface area contributed by atoms with Crippen LogP contribution < -0.4 is 0 Å². The van der Waals surface area contributed by atoms with Gasteiger partial charge in [-0.2, -0.15) is 0 Å². The zero-order chi connectivity index (χ0) is 13.8. The van der Waals surface area contributed by atoms with Crippen LogP contribution in [0.4, 0.5) is 4.39 Å². The van der Waals surface area contributed by atoms with Crippen LogP contribution in [-0.2, 0) is 9.53 Å². The maximum absolute atomic E-state index is 14.1. The van der Waals surface area contributed by atoms with Crippen molar-refractivity contribution in [2.45, 2.75) is 38.5 Å². The Balaban J connectivity index is 2.32. The summed E-state index contributed by atoms with van der Waals surface area (Å²) in [5.74, 6) is -0.889. The minimum atomic E-state index is -0.462. The van der Waals surface area contributed by atoms with Crippen molar-refractivity contribution in [3.05, 3.63) is 34.1 Å². The molecule has 0 spiro atoms. The third kappa shape index (κ3) is 3.35. The Morgan fingerprint density at radius 2 is 2.16 bits per heavy atom. The normalized spacial score (nSPS) is 17.4. The van der Waals surface area contributed by atoms with Crippen molar-refractivity contribution < 1.29 is 13.9 Å². The highest BCUT2D eigenvalue weighted by Gasteiger charge is 2.34. The lowest BCUT2D eigenvalue weighted by Crippen LogP contribution is -2.23. The van der Waals surface area contributed by atoms with Gasteiger partial charge in [0, 0.05) is 10.0 Å². The molecule has 0 amide bonds. The highest BCUT2D eigenvalue weighted by Crippen LogP contribution is 2.39. The van der Waals surface area contributed by atoms with Crippen LogP contribution >= 0.6 is 15.9 Å². The van der Waals surface area contributed by atoms with Gasteiger partial charge in [0.2, 0.25) is 0 Å². The lowest BCUT2D eigenvalue weighted by Gasteiger charge is -2.22. The van der Waals surface area contributed by atoms with E-state index in [-0.39, 0.29) is 17.7 Å². The largest absolute Gasteiger partial charge is 0.466 e. The van der Waals surface area contributed by atoms with E-state index in [0.29, 0.717) is 16.6 Å². The molecule has 0 aliphatic heterocycles. The second kappa shape index (κ2) is 6.51. The lowest BCUT2D eigenvalue weighted by atomic mass is 9.84. The molecule has 104 valence electrons. The zero-order valence-corrected chi connectivity index (χ0v) is 12.6. The molecule has 1 aliphatic carbocycles. The Morgan fingerprint density at radius 3 is 2.74 bits per heavy atom. The molecular weight excluding hydrogens is 311 g/mol. The number of hydrogen-bond acceptors (Lipinski definition) is 2. The van der Waals surface area contributed by atoms with E-state index in [9.17, 15) is 9.18 Å². The second-order valence-electron chi connectivity index (χ2n) is 4.94. The first-order valence-electron chi connectivity index (χ1n) is 6.75. The van der Waals surface area contributed by atoms with Crippen LogP contribution in [0.5, 0.6) is 0 Å². The second-order valence-corrected chi connectivity index (χ2v) is 5.86. The lowest BCUT2D eigenvalue weighted by molar-refractivity contribution is -0.146. The number of carbonyl (C=O) groups excluding carboxylic acids is 1. The summed E-state index contributed by atoms with van der Waals surface area (Å²) in [5.41, 5.74) is 0.466. The van der Waals surface area contributed by atoms with Crippen LogP contribution in [0.15, 0.2) is 22.7 Å². The van der Waals surface area contributed by atoms with Gasteiger partial charge in [0.05, 0.1) is 12.5 Å². The fourth-order valence-electron chi connectivity index (χ4n) is 2.85. The quantitative estimate of drug-likeness (QED) is 0.764. The third-order valence-corrected chi connectivity index (χ3v) is 4.20. The molecule has 0 radical (unpaired) electrons. The van der Waals surface area contributed by atoms with Crippen molar-refractivity contribution in [1.82, 2.24) is 0 Å². The molecule has 1 aliphatic rings. The highest BCUT2D eigenvalue weighted by atomic mass is 79.9. The van der Waals surface area contributed by atoms with Gasteiger partial charge in [-0.1, -0.05) is 34.8 Å². The molecular formula is C15H18BrFO2. The summed E-state index contributed by atoms with van der Waals surface area (Å²) in [6.07, 6.45) is 4.16. The molecule has 0 bridgehead atoms. The molecule has 1 fully saturated rings. The van der Waals surface area contributed by atoms with Gasteiger partial charge in [-0.25, -0.2) is 4.39 Å². The molecule has 1 aromatic rings. The van der Waals surface area contributed by atoms with E-state index < -0.39 is 5.92 Å². The van der Waals surface area contributed by atoms with Crippen LogP contribution in [0.3, 0.4) is 0 Å². The Bertz CT molecular complexity index is 455. The van der Waals surface area contributed by atoms with E-state index in [1.807, 2.05) is 0 Å². The number of carbonyl (C=O) groups is 1. The van der Waals surface area contributed by atoms with Gasteiger partial charge >= 0.3 is 5.97 Å². The van der Waals surface area contributed by atoms with Gasteiger partial charge in [0.25, 0.3) is 0 Å². The number of hydrogen-bond donors (Lipinski definition) is 0. The summed E-state index contributed by atoms with van der Waals surface area (Å²) in [5, 5.41) is 0. The number of halogens is 2. The van der Waals surface area contributed by atoms with Gasteiger partial charge in [0.15, 0.2) is 0 Å². The van der Waals surface area contributed by atoms with Crippen LogP contribution in [0.25, 0.3) is 0 Å². The van der Waals surface area contributed by atoms with E-state index in [2.05, 4.69) is 15.9 Å². The number of rotatable bonds is 4. The van der Waals surface area contributed by atoms with Crippen molar-refractivity contribution in [2.75, 3.05) is 6.61 Å². The standard InChI is InChI=1S/C15H18BrFO2/c1-2-19-15(18)14(10-5-3-4-6-10)12-8-7-11(16)9-13(12)17/h7-10,14H,2-6H2,1H3. The Hall–Kier alpha value is -0.900. The average Bonchev–Trinajstić information content (AvgIpc) is 2.86. The van der Waals surface area contributed by atoms with Gasteiger partial charge < -0.3 is 4.74 Å². The van der Waals surface area contributed by atoms with Crippen molar-refractivity contribution in [2.24, 2.45) is 5.92 Å². The molecule has 19 heavy (non-hydrogen) atoms. The molecule has 0 N–H and O–H groups in total. The van der Waals surface area contributed by atoms with Gasteiger partial charge in [-0.05, 0) is 37.8 Å².